The fourth-order valence-corrected chi connectivity index (χ4v) is 2.13. The molecule has 1 aliphatic rings. The van der Waals surface area contributed by atoms with Crippen molar-refractivity contribution in [1.29, 1.82) is 0 Å². The lowest BCUT2D eigenvalue weighted by molar-refractivity contribution is -0.125. The van der Waals surface area contributed by atoms with Gasteiger partial charge in [-0.15, -0.1) is 0 Å². The van der Waals surface area contributed by atoms with Crippen LogP contribution in [0.4, 0.5) is 0 Å². The molecular weight excluding hydrogens is 204 g/mol. The van der Waals surface area contributed by atoms with Gasteiger partial charge in [0.2, 0.25) is 5.91 Å². The molecule has 1 amide bonds. The molecule has 3 unspecified atom stereocenters. The fraction of sp³-hybridized carbons (Fsp3) is 0.917. The molecule has 0 bridgehead atoms. The van der Waals surface area contributed by atoms with Crippen molar-refractivity contribution in [2.24, 2.45) is 11.8 Å². The van der Waals surface area contributed by atoms with E-state index in [1.165, 1.54) is 6.42 Å². The van der Waals surface area contributed by atoms with Gasteiger partial charge in [-0.25, -0.2) is 0 Å². The summed E-state index contributed by atoms with van der Waals surface area (Å²) in [6.07, 6.45) is 2.31. The number of carbonyl (C=O) groups is 1. The van der Waals surface area contributed by atoms with Crippen LogP contribution in [0, 0.1) is 11.8 Å². The van der Waals surface area contributed by atoms with Crippen molar-refractivity contribution in [3.05, 3.63) is 0 Å². The average Bonchev–Trinajstić information content (AvgIpc) is 2.27. The third kappa shape index (κ3) is 4.10. The van der Waals surface area contributed by atoms with Crippen LogP contribution in [0.1, 0.15) is 26.7 Å². The van der Waals surface area contributed by atoms with Gasteiger partial charge in [-0.1, -0.05) is 13.8 Å². The molecule has 0 aromatic rings. The zero-order chi connectivity index (χ0) is 12.0. The van der Waals surface area contributed by atoms with Gasteiger partial charge in [-0.2, -0.15) is 0 Å². The highest BCUT2D eigenvalue weighted by Crippen LogP contribution is 2.15. The number of piperidine rings is 1. The third-order valence-electron chi connectivity index (χ3n) is 3.13. The Morgan fingerprint density at radius 1 is 1.62 bits per heavy atom. The highest BCUT2D eigenvalue weighted by atomic mass is 16.5. The van der Waals surface area contributed by atoms with Crippen LogP contribution in [0.3, 0.4) is 0 Å². The molecule has 4 heteroatoms. The topological polar surface area (TPSA) is 50.4 Å². The normalized spacial score (nSPS) is 27.4. The maximum Gasteiger partial charge on any atom is 0.237 e. The van der Waals surface area contributed by atoms with E-state index in [9.17, 15) is 4.79 Å². The Hall–Kier alpha value is -0.610. The maximum absolute atomic E-state index is 11.9. The van der Waals surface area contributed by atoms with Crippen molar-refractivity contribution < 1.29 is 9.53 Å². The third-order valence-corrected chi connectivity index (χ3v) is 3.13. The number of amides is 1. The smallest absolute Gasteiger partial charge is 0.237 e. The monoisotopic (exact) mass is 228 g/mol. The van der Waals surface area contributed by atoms with Gasteiger partial charge in [-0.05, 0) is 31.2 Å². The maximum atomic E-state index is 11.9. The Balaban J connectivity index is 2.28. The van der Waals surface area contributed by atoms with E-state index in [0.29, 0.717) is 25.0 Å². The summed E-state index contributed by atoms with van der Waals surface area (Å²) in [6, 6.07) is -0.0107. The first-order chi connectivity index (χ1) is 7.65. The van der Waals surface area contributed by atoms with Gasteiger partial charge in [0.05, 0.1) is 12.6 Å². The van der Waals surface area contributed by atoms with Crippen LogP contribution in [0.25, 0.3) is 0 Å². The zero-order valence-corrected chi connectivity index (χ0v) is 10.6. The second-order valence-electron chi connectivity index (χ2n) is 4.86. The minimum Gasteiger partial charge on any atom is -0.384 e. The molecule has 4 nitrogen and oxygen atoms in total. The summed E-state index contributed by atoms with van der Waals surface area (Å²) >= 11 is 0. The van der Waals surface area contributed by atoms with E-state index in [1.54, 1.807) is 7.11 Å². The number of rotatable bonds is 5. The van der Waals surface area contributed by atoms with Crippen molar-refractivity contribution in [2.75, 3.05) is 26.8 Å². The lowest BCUT2D eigenvalue weighted by Gasteiger charge is -2.29. The van der Waals surface area contributed by atoms with Crippen LogP contribution in [0.5, 0.6) is 0 Å². The molecule has 3 atom stereocenters. The van der Waals surface area contributed by atoms with Crippen molar-refractivity contribution in [2.45, 2.75) is 32.7 Å². The first-order valence-corrected chi connectivity index (χ1v) is 6.15. The minimum absolute atomic E-state index is 0.0107. The number of hydrogen-bond acceptors (Lipinski definition) is 3. The van der Waals surface area contributed by atoms with Crippen LogP contribution in [0.2, 0.25) is 0 Å². The van der Waals surface area contributed by atoms with Crippen molar-refractivity contribution in [1.82, 2.24) is 10.6 Å². The van der Waals surface area contributed by atoms with Gasteiger partial charge in [-0.3, -0.25) is 4.79 Å². The van der Waals surface area contributed by atoms with Crippen LogP contribution in [-0.2, 0) is 9.53 Å². The molecule has 1 rings (SSSR count). The van der Waals surface area contributed by atoms with E-state index >= 15 is 0 Å². The van der Waals surface area contributed by atoms with Crippen LogP contribution >= 0.6 is 0 Å². The van der Waals surface area contributed by atoms with E-state index in [2.05, 4.69) is 24.5 Å². The van der Waals surface area contributed by atoms with Crippen molar-refractivity contribution in [3.63, 3.8) is 0 Å². The molecule has 0 radical (unpaired) electrons. The molecule has 1 aliphatic heterocycles. The summed E-state index contributed by atoms with van der Waals surface area (Å²) in [5.41, 5.74) is 0. The minimum atomic E-state index is -0.0107. The summed E-state index contributed by atoms with van der Waals surface area (Å²) in [7, 11) is 1.68. The zero-order valence-electron chi connectivity index (χ0n) is 10.6. The Labute approximate surface area is 98.1 Å². The second-order valence-corrected chi connectivity index (χ2v) is 4.86. The SMILES string of the molecule is COCC(C)CNC(=O)C1NCCCC1C. The number of nitrogens with one attached hydrogen (secondary N) is 2. The summed E-state index contributed by atoms with van der Waals surface area (Å²) in [5.74, 6) is 0.939. The van der Waals surface area contributed by atoms with Gasteiger partial charge in [0, 0.05) is 13.7 Å². The Morgan fingerprint density at radius 3 is 3.00 bits per heavy atom. The summed E-state index contributed by atoms with van der Waals surface area (Å²) < 4.78 is 5.04. The van der Waals surface area contributed by atoms with Gasteiger partial charge in [0.15, 0.2) is 0 Å². The fourth-order valence-electron chi connectivity index (χ4n) is 2.13. The molecule has 0 spiro atoms. The van der Waals surface area contributed by atoms with E-state index in [4.69, 9.17) is 4.74 Å². The van der Waals surface area contributed by atoms with E-state index in [0.717, 1.165) is 13.0 Å². The molecule has 0 aliphatic carbocycles. The Bertz CT molecular complexity index is 221. The average molecular weight is 228 g/mol. The van der Waals surface area contributed by atoms with Crippen LogP contribution < -0.4 is 10.6 Å². The largest absolute Gasteiger partial charge is 0.384 e. The molecule has 0 aromatic carbocycles. The lowest BCUT2D eigenvalue weighted by atomic mass is 9.92. The first kappa shape index (κ1) is 13.5. The van der Waals surface area contributed by atoms with Gasteiger partial charge in [0.1, 0.15) is 0 Å². The van der Waals surface area contributed by atoms with Gasteiger partial charge >= 0.3 is 0 Å². The predicted molar refractivity (Wildman–Crippen MR) is 64.2 cm³/mol. The van der Waals surface area contributed by atoms with E-state index in [-0.39, 0.29) is 11.9 Å². The molecule has 0 aromatic heterocycles. The number of hydrogen-bond donors (Lipinski definition) is 2. The molecule has 94 valence electrons. The van der Waals surface area contributed by atoms with Crippen molar-refractivity contribution >= 4 is 5.91 Å². The molecule has 1 heterocycles. The molecular formula is C12H24N2O2. The molecule has 1 saturated heterocycles. The van der Waals surface area contributed by atoms with E-state index in [1.807, 2.05) is 0 Å². The van der Waals surface area contributed by atoms with E-state index < -0.39 is 0 Å². The quantitative estimate of drug-likeness (QED) is 0.731. The highest BCUT2D eigenvalue weighted by Gasteiger charge is 2.27. The molecule has 0 saturated carbocycles. The molecule has 2 N–H and O–H groups in total. The van der Waals surface area contributed by atoms with Gasteiger partial charge < -0.3 is 15.4 Å². The predicted octanol–water partition coefficient (Wildman–Crippen LogP) is 0.773. The summed E-state index contributed by atoms with van der Waals surface area (Å²) in [4.78, 5) is 11.9. The molecule has 16 heavy (non-hydrogen) atoms. The van der Waals surface area contributed by atoms with Gasteiger partial charge in [0.25, 0.3) is 0 Å². The molecule has 1 fully saturated rings. The second kappa shape index (κ2) is 6.86. The van der Waals surface area contributed by atoms with Crippen LogP contribution in [0.15, 0.2) is 0 Å². The lowest BCUT2D eigenvalue weighted by Crippen LogP contribution is -2.51. The standard InChI is InChI=1S/C12H24N2O2/c1-9(8-16-3)7-14-12(15)11-10(2)5-4-6-13-11/h9-11,13H,4-8H2,1-3H3,(H,14,15). The number of carbonyl (C=O) groups excluding carboxylic acids is 1. The summed E-state index contributed by atoms with van der Waals surface area (Å²) in [6.45, 7) is 6.54. The first-order valence-electron chi connectivity index (χ1n) is 6.15. The Morgan fingerprint density at radius 2 is 2.38 bits per heavy atom. The Kier molecular flexibility index (Phi) is 5.77. The highest BCUT2D eigenvalue weighted by molar-refractivity contribution is 5.82. The van der Waals surface area contributed by atoms with Crippen LogP contribution in [-0.4, -0.2) is 38.8 Å². The summed E-state index contributed by atoms with van der Waals surface area (Å²) in [5, 5.41) is 6.27. The van der Waals surface area contributed by atoms with Crippen molar-refractivity contribution in [3.8, 4) is 0 Å². The number of ether oxygens (including phenoxy) is 1. The number of methoxy groups -OCH3 is 1.